The Hall–Kier alpha value is -1.06. The first kappa shape index (κ1) is 12.9. The fourth-order valence-corrected chi connectivity index (χ4v) is 2.91. The zero-order chi connectivity index (χ0) is 13.3. The highest BCUT2D eigenvalue weighted by Gasteiger charge is 2.40. The first-order chi connectivity index (χ1) is 9.13. The van der Waals surface area contributed by atoms with Crippen molar-refractivity contribution in [1.82, 2.24) is 4.90 Å². The Labute approximate surface area is 115 Å². The summed E-state index contributed by atoms with van der Waals surface area (Å²) in [5.41, 5.74) is -0.761. The van der Waals surface area contributed by atoms with E-state index in [0.29, 0.717) is 0 Å². The van der Waals surface area contributed by atoms with Crippen molar-refractivity contribution in [3.63, 3.8) is 0 Å². The summed E-state index contributed by atoms with van der Waals surface area (Å²) in [6, 6.07) is 9.81. The molecule has 1 aromatic rings. The zero-order valence-electron chi connectivity index (χ0n) is 11.6. The summed E-state index contributed by atoms with van der Waals surface area (Å²) in [6.45, 7) is 4.80. The highest BCUT2D eigenvalue weighted by Crippen LogP contribution is 2.32. The molecule has 0 spiro atoms. The number of aliphatic hydroxyl groups is 1. The number of hydrogen-bond acceptors (Lipinski definition) is 3. The molecule has 1 aromatic carbocycles. The highest BCUT2D eigenvalue weighted by atomic mass is 16.5. The van der Waals surface area contributed by atoms with Crippen LogP contribution in [0.25, 0.3) is 0 Å². The van der Waals surface area contributed by atoms with Crippen LogP contribution >= 0.6 is 0 Å². The molecule has 19 heavy (non-hydrogen) atoms. The summed E-state index contributed by atoms with van der Waals surface area (Å²) in [5, 5.41) is 10.6. The monoisotopic (exact) mass is 261 g/mol. The summed E-state index contributed by atoms with van der Waals surface area (Å²) < 4.78 is 5.96. The van der Waals surface area contributed by atoms with E-state index in [1.54, 1.807) is 0 Å². The van der Waals surface area contributed by atoms with Crippen molar-refractivity contribution < 1.29 is 9.84 Å². The van der Waals surface area contributed by atoms with Crippen molar-refractivity contribution >= 4 is 0 Å². The third kappa shape index (κ3) is 3.28. The fraction of sp³-hybridized carbons (Fsp3) is 0.625. The fourth-order valence-electron chi connectivity index (χ4n) is 2.91. The van der Waals surface area contributed by atoms with Gasteiger partial charge in [-0.2, -0.15) is 0 Å². The summed E-state index contributed by atoms with van der Waals surface area (Å²) >= 11 is 0. The molecular weight excluding hydrogens is 238 g/mol. The second kappa shape index (κ2) is 5.14. The quantitative estimate of drug-likeness (QED) is 0.902. The number of para-hydroxylation sites is 1. The summed E-state index contributed by atoms with van der Waals surface area (Å²) in [5.74, 6) is 1.73. The Morgan fingerprint density at radius 2 is 2.00 bits per heavy atom. The third-order valence-electron chi connectivity index (χ3n) is 4.18. The number of piperidine rings is 1. The maximum atomic E-state index is 10.6. The number of rotatable bonds is 4. The lowest BCUT2D eigenvalue weighted by Gasteiger charge is -2.42. The molecule has 0 unspecified atom stereocenters. The molecule has 2 aliphatic rings. The van der Waals surface area contributed by atoms with Gasteiger partial charge in [-0.15, -0.1) is 0 Å². The molecule has 0 radical (unpaired) electrons. The van der Waals surface area contributed by atoms with Gasteiger partial charge < -0.3 is 9.84 Å². The molecule has 0 bridgehead atoms. The van der Waals surface area contributed by atoms with Crippen molar-refractivity contribution in [2.24, 2.45) is 5.92 Å². The van der Waals surface area contributed by atoms with E-state index >= 15 is 0 Å². The topological polar surface area (TPSA) is 32.7 Å². The SMILES string of the molecule is C[C@]1(O)CN(CC2CC2)CC[C@@H]1Oc1ccccc1. The number of likely N-dealkylation sites (tertiary alicyclic amines) is 1. The number of nitrogens with zero attached hydrogens (tertiary/aromatic N) is 1. The van der Waals surface area contributed by atoms with Crippen LogP contribution in [0.4, 0.5) is 0 Å². The van der Waals surface area contributed by atoms with E-state index in [9.17, 15) is 5.11 Å². The molecule has 1 saturated heterocycles. The van der Waals surface area contributed by atoms with Gasteiger partial charge in [-0.3, -0.25) is 4.90 Å². The zero-order valence-corrected chi connectivity index (χ0v) is 11.6. The van der Waals surface area contributed by atoms with Crippen LogP contribution in [0.2, 0.25) is 0 Å². The molecule has 104 valence electrons. The average molecular weight is 261 g/mol. The third-order valence-corrected chi connectivity index (χ3v) is 4.18. The van der Waals surface area contributed by atoms with E-state index in [0.717, 1.165) is 37.7 Å². The smallest absolute Gasteiger partial charge is 0.129 e. The molecule has 1 heterocycles. The van der Waals surface area contributed by atoms with Crippen LogP contribution < -0.4 is 4.74 Å². The molecule has 1 aliphatic carbocycles. The molecule has 3 nitrogen and oxygen atoms in total. The lowest BCUT2D eigenvalue weighted by atomic mass is 9.91. The highest BCUT2D eigenvalue weighted by molar-refractivity contribution is 5.21. The summed E-state index contributed by atoms with van der Waals surface area (Å²) in [6.07, 6.45) is 3.52. The minimum atomic E-state index is -0.761. The van der Waals surface area contributed by atoms with Gasteiger partial charge in [0, 0.05) is 19.6 Å². The Kier molecular flexibility index (Phi) is 3.50. The van der Waals surface area contributed by atoms with Crippen molar-refractivity contribution in [3.05, 3.63) is 30.3 Å². The Morgan fingerprint density at radius 3 is 2.63 bits per heavy atom. The Bertz CT molecular complexity index is 414. The maximum Gasteiger partial charge on any atom is 0.129 e. The molecule has 3 heteroatoms. The molecule has 1 saturated carbocycles. The van der Waals surface area contributed by atoms with Gasteiger partial charge in [0.15, 0.2) is 0 Å². The van der Waals surface area contributed by atoms with Gasteiger partial charge in [-0.05, 0) is 44.2 Å². The van der Waals surface area contributed by atoms with Gasteiger partial charge in [-0.1, -0.05) is 18.2 Å². The number of benzene rings is 1. The van der Waals surface area contributed by atoms with Crippen LogP contribution in [-0.2, 0) is 0 Å². The Balaban J connectivity index is 1.60. The lowest BCUT2D eigenvalue weighted by Crippen LogP contribution is -2.57. The predicted octanol–water partition coefficient (Wildman–Crippen LogP) is 2.30. The second-order valence-electron chi connectivity index (χ2n) is 6.24. The van der Waals surface area contributed by atoms with E-state index < -0.39 is 5.60 Å². The first-order valence-electron chi connectivity index (χ1n) is 7.30. The van der Waals surface area contributed by atoms with E-state index in [-0.39, 0.29) is 6.10 Å². The number of β-amino-alcohol motifs (C(OH)–C–C–N with tert-alkyl or cyclic N) is 1. The van der Waals surface area contributed by atoms with Crippen molar-refractivity contribution in [2.75, 3.05) is 19.6 Å². The van der Waals surface area contributed by atoms with Crippen LogP contribution in [0.5, 0.6) is 5.75 Å². The average Bonchev–Trinajstić information content (AvgIpc) is 3.17. The van der Waals surface area contributed by atoms with Crippen molar-refractivity contribution in [2.45, 2.75) is 37.9 Å². The largest absolute Gasteiger partial charge is 0.487 e. The number of ether oxygens (including phenoxy) is 1. The summed E-state index contributed by atoms with van der Waals surface area (Å²) in [7, 11) is 0. The van der Waals surface area contributed by atoms with Gasteiger partial charge in [0.1, 0.15) is 17.5 Å². The van der Waals surface area contributed by atoms with Gasteiger partial charge in [-0.25, -0.2) is 0 Å². The molecule has 2 atom stereocenters. The Morgan fingerprint density at radius 1 is 1.26 bits per heavy atom. The molecule has 2 fully saturated rings. The first-order valence-corrected chi connectivity index (χ1v) is 7.30. The lowest BCUT2D eigenvalue weighted by molar-refractivity contribution is -0.0981. The standard InChI is InChI=1S/C16H23NO2/c1-16(18)12-17(11-13-7-8-13)10-9-15(16)19-14-5-3-2-4-6-14/h2-6,13,15,18H,7-12H2,1H3/t15-,16-/m0/s1. The molecule has 3 rings (SSSR count). The van der Waals surface area contributed by atoms with Crippen LogP contribution in [-0.4, -0.2) is 41.3 Å². The van der Waals surface area contributed by atoms with Crippen molar-refractivity contribution in [3.8, 4) is 5.75 Å². The minimum Gasteiger partial charge on any atom is -0.487 e. The summed E-state index contributed by atoms with van der Waals surface area (Å²) in [4.78, 5) is 2.39. The van der Waals surface area contributed by atoms with Gasteiger partial charge in [0.25, 0.3) is 0 Å². The number of hydrogen-bond donors (Lipinski definition) is 1. The van der Waals surface area contributed by atoms with E-state index in [1.807, 2.05) is 37.3 Å². The molecule has 1 N–H and O–H groups in total. The molecular formula is C16H23NO2. The predicted molar refractivity (Wildman–Crippen MR) is 75.3 cm³/mol. The van der Waals surface area contributed by atoms with Crippen molar-refractivity contribution in [1.29, 1.82) is 0 Å². The van der Waals surface area contributed by atoms with E-state index in [2.05, 4.69) is 4.90 Å². The maximum absolute atomic E-state index is 10.6. The van der Waals surface area contributed by atoms with Crippen LogP contribution in [0.3, 0.4) is 0 Å². The minimum absolute atomic E-state index is 0.106. The van der Waals surface area contributed by atoms with E-state index in [1.165, 1.54) is 12.8 Å². The molecule has 0 aromatic heterocycles. The van der Waals surface area contributed by atoms with Gasteiger partial charge in [0.05, 0.1) is 0 Å². The van der Waals surface area contributed by atoms with Crippen LogP contribution in [0.15, 0.2) is 30.3 Å². The van der Waals surface area contributed by atoms with E-state index in [4.69, 9.17) is 4.74 Å². The molecule has 0 amide bonds. The normalized spacial score (nSPS) is 32.2. The van der Waals surface area contributed by atoms with Gasteiger partial charge in [0.2, 0.25) is 0 Å². The molecule has 1 aliphatic heterocycles. The second-order valence-corrected chi connectivity index (χ2v) is 6.24. The van der Waals surface area contributed by atoms with Crippen LogP contribution in [0.1, 0.15) is 26.2 Å². The van der Waals surface area contributed by atoms with Crippen LogP contribution in [0, 0.1) is 5.92 Å². The van der Waals surface area contributed by atoms with Gasteiger partial charge >= 0.3 is 0 Å².